The largest absolute Gasteiger partial charge is 0.493 e. The van der Waals surface area contributed by atoms with E-state index in [9.17, 15) is 0 Å². The fourth-order valence-electron chi connectivity index (χ4n) is 4.10. The molecule has 0 unspecified atom stereocenters. The lowest BCUT2D eigenvalue weighted by Gasteiger charge is -2.13. The van der Waals surface area contributed by atoms with E-state index in [1.807, 2.05) is 36.5 Å². The first-order valence-electron chi connectivity index (χ1n) is 11.0. The Morgan fingerprint density at radius 2 is 1.94 bits per heavy atom. The Hall–Kier alpha value is -3.29. The van der Waals surface area contributed by atoms with Gasteiger partial charge in [0, 0.05) is 40.8 Å². The van der Waals surface area contributed by atoms with Crippen LogP contribution in [0.1, 0.15) is 12.8 Å². The maximum atomic E-state index is 5.98. The van der Waals surface area contributed by atoms with E-state index in [1.165, 1.54) is 25.9 Å². The van der Waals surface area contributed by atoms with Crippen molar-refractivity contribution in [2.75, 3.05) is 38.7 Å². The third-order valence-corrected chi connectivity index (χ3v) is 5.80. The monoisotopic (exact) mass is 465 g/mol. The van der Waals surface area contributed by atoms with Crippen LogP contribution in [-0.4, -0.2) is 53.2 Å². The number of likely N-dealkylation sites (tertiary alicyclic amines) is 1. The summed E-state index contributed by atoms with van der Waals surface area (Å²) in [5.74, 6) is 2.05. The van der Waals surface area contributed by atoms with Crippen molar-refractivity contribution in [3.63, 3.8) is 0 Å². The topological polar surface area (TPSA) is 75.3 Å². The molecule has 1 aliphatic rings. The summed E-state index contributed by atoms with van der Waals surface area (Å²) in [5.41, 5.74) is 2.85. The van der Waals surface area contributed by atoms with E-state index in [-0.39, 0.29) is 12.4 Å². The standard InChI is InChI=1S/C25H27N5O2.ClH/c1-31-23-15-20-22(16-24(23)32-13-5-4-12-30-10-2-3-11-30)27-17-28-25(20)29-19-6-7-21-18(14-19)8-9-26-21;/h4-9,14-17,26H,2-3,10-13H2,1H3,(H,27,28,29);1H. The molecule has 7 nitrogen and oxygen atoms in total. The lowest BCUT2D eigenvalue weighted by molar-refractivity contribution is 0.325. The molecule has 2 aromatic carbocycles. The van der Waals surface area contributed by atoms with Crippen molar-refractivity contribution in [2.45, 2.75) is 12.8 Å². The SMILES string of the molecule is COc1cc2c(Nc3ccc4[nH]ccc4c3)ncnc2cc1OCC=CCN1CCCC1.Cl. The third-order valence-electron chi connectivity index (χ3n) is 5.80. The number of hydrogen-bond acceptors (Lipinski definition) is 6. The molecule has 0 radical (unpaired) electrons. The van der Waals surface area contributed by atoms with Crippen LogP contribution in [0.5, 0.6) is 11.5 Å². The Kier molecular flexibility index (Phi) is 7.32. The van der Waals surface area contributed by atoms with Crippen LogP contribution in [0.25, 0.3) is 21.8 Å². The summed E-state index contributed by atoms with van der Waals surface area (Å²) in [6.07, 6.45) is 10.3. The van der Waals surface area contributed by atoms with Gasteiger partial charge in [-0.25, -0.2) is 9.97 Å². The van der Waals surface area contributed by atoms with Gasteiger partial charge in [-0.3, -0.25) is 4.90 Å². The summed E-state index contributed by atoms with van der Waals surface area (Å²) >= 11 is 0. The number of aromatic amines is 1. The van der Waals surface area contributed by atoms with Gasteiger partial charge in [0.1, 0.15) is 18.8 Å². The van der Waals surface area contributed by atoms with Crippen LogP contribution in [0.2, 0.25) is 0 Å². The molecule has 5 rings (SSSR count). The van der Waals surface area contributed by atoms with Gasteiger partial charge in [-0.05, 0) is 56.3 Å². The average Bonchev–Trinajstić information content (AvgIpc) is 3.50. The first-order chi connectivity index (χ1) is 15.8. The van der Waals surface area contributed by atoms with E-state index in [4.69, 9.17) is 9.47 Å². The molecule has 2 aromatic heterocycles. The number of aromatic nitrogens is 3. The van der Waals surface area contributed by atoms with Crippen molar-refractivity contribution in [1.82, 2.24) is 19.9 Å². The average molecular weight is 466 g/mol. The molecular weight excluding hydrogens is 438 g/mol. The smallest absolute Gasteiger partial charge is 0.163 e. The van der Waals surface area contributed by atoms with Crippen LogP contribution >= 0.6 is 12.4 Å². The molecule has 1 saturated heterocycles. The summed E-state index contributed by atoms with van der Waals surface area (Å²) in [7, 11) is 1.65. The van der Waals surface area contributed by atoms with Crippen LogP contribution in [-0.2, 0) is 0 Å². The van der Waals surface area contributed by atoms with E-state index >= 15 is 0 Å². The number of hydrogen-bond donors (Lipinski definition) is 2. The van der Waals surface area contributed by atoms with E-state index in [2.05, 4.69) is 43.4 Å². The van der Waals surface area contributed by atoms with E-state index in [1.54, 1.807) is 13.4 Å². The fourth-order valence-corrected chi connectivity index (χ4v) is 4.10. The first kappa shape index (κ1) is 22.9. The van der Waals surface area contributed by atoms with Gasteiger partial charge in [0.25, 0.3) is 0 Å². The fraction of sp³-hybridized carbons (Fsp3) is 0.280. The summed E-state index contributed by atoms with van der Waals surface area (Å²) < 4.78 is 11.6. The van der Waals surface area contributed by atoms with Gasteiger partial charge in [0.2, 0.25) is 0 Å². The van der Waals surface area contributed by atoms with Gasteiger partial charge in [0.05, 0.1) is 12.6 Å². The summed E-state index contributed by atoms with van der Waals surface area (Å²) in [6, 6.07) is 12.0. The Labute approximate surface area is 199 Å². The number of nitrogens with zero attached hydrogens (tertiary/aromatic N) is 3. The summed E-state index contributed by atoms with van der Waals surface area (Å²) in [5, 5.41) is 5.42. The minimum absolute atomic E-state index is 0. The number of benzene rings is 2. The minimum atomic E-state index is 0. The van der Waals surface area contributed by atoms with E-state index in [0.717, 1.165) is 39.9 Å². The second-order valence-corrected chi connectivity index (χ2v) is 7.94. The van der Waals surface area contributed by atoms with Crippen LogP contribution < -0.4 is 14.8 Å². The van der Waals surface area contributed by atoms with E-state index in [0.29, 0.717) is 18.1 Å². The molecule has 1 aliphatic heterocycles. The molecule has 172 valence electrons. The zero-order chi connectivity index (χ0) is 21.8. The third kappa shape index (κ3) is 5.21. The highest BCUT2D eigenvalue weighted by Gasteiger charge is 2.12. The zero-order valence-electron chi connectivity index (χ0n) is 18.6. The molecule has 0 saturated carbocycles. The number of anilines is 2. The molecule has 8 heteroatoms. The molecule has 4 aromatic rings. The number of methoxy groups -OCH3 is 1. The molecule has 0 spiro atoms. The minimum Gasteiger partial charge on any atom is -0.493 e. The number of halogens is 1. The molecule has 0 atom stereocenters. The lowest BCUT2D eigenvalue weighted by atomic mass is 10.2. The molecular formula is C25H28ClN5O2. The van der Waals surface area contributed by atoms with Gasteiger partial charge >= 0.3 is 0 Å². The Bertz CT molecular complexity index is 1250. The van der Waals surface area contributed by atoms with Crippen molar-refractivity contribution >= 4 is 45.7 Å². The van der Waals surface area contributed by atoms with Gasteiger partial charge in [-0.15, -0.1) is 12.4 Å². The van der Waals surface area contributed by atoms with Crippen molar-refractivity contribution in [3.8, 4) is 11.5 Å². The number of H-pyrrole nitrogens is 1. The van der Waals surface area contributed by atoms with Crippen LogP contribution in [0.4, 0.5) is 11.5 Å². The molecule has 1 fully saturated rings. The molecule has 0 aliphatic carbocycles. The maximum absolute atomic E-state index is 5.98. The Morgan fingerprint density at radius 3 is 2.79 bits per heavy atom. The number of fused-ring (bicyclic) bond motifs is 2. The van der Waals surface area contributed by atoms with Gasteiger partial charge < -0.3 is 19.8 Å². The van der Waals surface area contributed by atoms with Crippen LogP contribution in [0, 0.1) is 0 Å². The predicted octanol–water partition coefficient (Wildman–Crippen LogP) is 5.32. The Morgan fingerprint density at radius 1 is 1.06 bits per heavy atom. The second kappa shape index (κ2) is 10.6. The zero-order valence-corrected chi connectivity index (χ0v) is 19.4. The van der Waals surface area contributed by atoms with Gasteiger partial charge in [-0.2, -0.15) is 0 Å². The van der Waals surface area contributed by atoms with Gasteiger partial charge in [-0.1, -0.05) is 12.2 Å². The second-order valence-electron chi connectivity index (χ2n) is 7.94. The molecule has 3 heterocycles. The van der Waals surface area contributed by atoms with Crippen molar-refractivity contribution in [2.24, 2.45) is 0 Å². The highest BCUT2D eigenvalue weighted by Crippen LogP contribution is 2.35. The number of rotatable bonds is 8. The highest BCUT2D eigenvalue weighted by molar-refractivity contribution is 5.94. The summed E-state index contributed by atoms with van der Waals surface area (Å²) in [4.78, 5) is 14.6. The summed E-state index contributed by atoms with van der Waals surface area (Å²) in [6.45, 7) is 3.86. The van der Waals surface area contributed by atoms with Crippen molar-refractivity contribution in [3.05, 3.63) is 61.1 Å². The molecule has 0 bridgehead atoms. The number of nitrogens with one attached hydrogen (secondary N) is 2. The van der Waals surface area contributed by atoms with Crippen LogP contribution in [0.15, 0.2) is 61.1 Å². The predicted molar refractivity (Wildman–Crippen MR) is 135 cm³/mol. The molecule has 33 heavy (non-hydrogen) atoms. The maximum Gasteiger partial charge on any atom is 0.163 e. The van der Waals surface area contributed by atoms with Gasteiger partial charge in [0.15, 0.2) is 11.5 Å². The van der Waals surface area contributed by atoms with Crippen molar-refractivity contribution < 1.29 is 9.47 Å². The first-order valence-corrected chi connectivity index (χ1v) is 11.0. The number of ether oxygens (including phenoxy) is 2. The quantitative estimate of drug-likeness (QED) is 0.343. The molecule has 2 N–H and O–H groups in total. The van der Waals surface area contributed by atoms with Crippen molar-refractivity contribution in [1.29, 1.82) is 0 Å². The lowest BCUT2D eigenvalue weighted by Crippen LogP contribution is -2.18. The normalized spacial score (nSPS) is 14.1. The Balaban J connectivity index is 0.00000259. The molecule has 0 amide bonds. The highest BCUT2D eigenvalue weighted by atomic mass is 35.5. The van der Waals surface area contributed by atoms with E-state index < -0.39 is 0 Å². The van der Waals surface area contributed by atoms with Crippen LogP contribution in [0.3, 0.4) is 0 Å².